The first-order chi connectivity index (χ1) is 16.0. The molecule has 34 heavy (non-hydrogen) atoms. The Balaban J connectivity index is 3.37. The van der Waals surface area contributed by atoms with E-state index in [9.17, 15) is 14.4 Å². The maximum atomic E-state index is 13.7. The standard InChI is InChI=1S/C27H41N3O4/c1-9-12-15-18-28-24(31)23(22-17-14-13-16-21(22)11-3)30(19(4)10-2)25(32)20(5)29-26(33)34-27(6,7)8/h3,13-14,16-17,19-20,23H,9-10,12,15,18H2,1-2,4-8H3,(H,28,31)(H,29,33). The first-order valence-electron chi connectivity index (χ1n) is 12.1. The third-order valence-electron chi connectivity index (χ3n) is 5.44. The lowest BCUT2D eigenvalue weighted by atomic mass is 9.96. The monoisotopic (exact) mass is 471 g/mol. The number of alkyl carbamates (subject to hydrolysis) is 1. The fourth-order valence-corrected chi connectivity index (χ4v) is 3.53. The van der Waals surface area contributed by atoms with Crippen molar-refractivity contribution in [2.24, 2.45) is 0 Å². The number of hydrogen-bond donors (Lipinski definition) is 2. The molecule has 0 fully saturated rings. The van der Waals surface area contributed by atoms with Crippen LogP contribution in [-0.2, 0) is 14.3 Å². The number of unbranched alkanes of at least 4 members (excludes halogenated alkanes) is 2. The average molecular weight is 472 g/mol. The highest BCUT2D eigenvalue weighted by Gasteiger charge is 2.37. The van der Waals surface area contributed by atoms with Crippen molar-refractivity contribution >= 4 is 17.9 Å². The topological polar surface area (TPSA) is 87.7 Å². The molecule has 2 N–H and O–H groups in total. The summed E-state index contributed by atoms with van der Waals surface area (Å²) in [7, 11) is 0. The van der Waals surface area contributed by atoms with Crippen molar-refractivity contribution in [3.63, 3.8) is 0 Å². The summed E-state index contributed by atoms with van der Waals surface area (Å²) in [6, 6.07) is 5.02. The summed E-state index contributed by atoms with van der Waals surface area (Å²) < 4.78 is 5.30. The molecule has 1 aromatic carbocycles. The molecule has 0 saturated heterocycles. The van der Waals surface area contributed by atoms with Gasteiger partial charge in [0, 0.05) is 18.2 Å². The molecule has 0 aliphatic heterocycles. The smallest absolute Gasteiger partial charge is 0.408 e. The summed E-state index contributed by atoms with van der Waals surface area (Å²) in [4.78, 5) is 41.0. The minimum absolute atomic E-state index is 0.285. The molecule has 1 aromatic rings. The lowest BCUT2D eigenvalue weighted by molar-refractivity contribution is -0.144. The SMILES string of the molecule is C#Cc1ccccc1C(C(=O)NCCCCC)N(C(=O)C(C)NC(=O)OC(C)(C)C)C(C)CC. The highest BCUT2D eigenvalue weighted by atomic mass is 16.6. The van der Waals surface area contributed by atoms with E-state index in [1.54, 1.807) is 52.0 Å². The van der Waals surface area contributed by atoms with Gasteiger partial charge in [0.15, 0.2) is 0 Å². The molecular weight excluding hydrogens is 430 g/mol. The summed E-state index contributed by atoms with van der Waals surface area (Å²) in [5.74, 6) is 1.95. The second kappa shape index (κ2) is 13.6. The van der Waals surface area contributed by atoms with Crippen molar-refractivity contribution in [2.75, 3.05) is 6.54 Å². The number of nitrogens with one attached hydrogen (secondary N) is 2. The van der Waals surface area contributed by atoms with Gasteiger partial charge in [-0.15, -0.1) is 6.42 Å². The summed E-state index contributed by atoms with van der Waals surface area (Å²) in [5.41, 5.74) is 0.428. The second-order valence-corrected chi connectivity index (χ2v) is 9.50. The molecule has 1 rings (SSSR count). The zero-order valence-corrected chi connectivity index (χ0v) is 21.7. The second-order valence-electron chi connectivity index (χ2n) is 9.50. The third-order valence-corrected chi connectivity index (χ3v) is 5.44. The van der Waals surface area contributed by atoms with Crippen molar-refractivity contribution in [1.82, 2.24) is 15.5 Å². The van der Waals surface area contributed by atoms with E-state index in [1.807, 2.05) is 13.8 Å². The van der Waals surface area contributed by atoms with Gasteiger partial charge in [-0.25, -0.2) is 4.79 Å². The summed E-state index contributed by atoms with van der Waals surface area (Å²) in [5, 5.41) is 5.58. The van der Waals surface area contributed by atoms with Crippen molar-refractivity contribution in [1.29, 1.82) is 0 Å². The molecule has 0 aromatic heterocycles. The Morgan fingerprint density at radius 1 is 1.12 bits per heavy atom. The molecule has 0 bridgehead atoms. The predicted octanol–water partition coefficient (Wildman–Crippen LogP) is 4.56. The zero-order valence-electron chi connectivity index (χ0n) is 21.7. The van der Waals surface area contributed by atoms with Crippen LogP contribution in [0.25, 0.3) is 0 Å². The van der Waals surface area contributed by atoms with Crippen molar-refractivity contribution in [2.45, 2.75) is 97.9 Å². The van der Waals surface area contributed by atoms with E-state index in [2.05, 4.69) is 23.5 Å². The number of carbonyl (C=O) groups is 3. The number of benzene rings is 1. The molecule has 7 heteroatoms. The molecule has 0 spiro atoms. The molecule has 0 heterocycles. The number of ether oxygens (including phenoxy) is 1. The Labute approximate surface area is 205 Å². The van der Waals surface area contributed by atoms with Crippen LogP contribution in [0.4, 0.5) is 4.79 Å². The van der Waals surface area contributed by atoms with Crippen LogP contribution in [0, 0.1) is 12.3 Å². The van der Waals surface area contributed by atoms with Crippen LogP contribution in [0.2, 0.25) is 0 Å². The van der Waals surface area contributed by atoms with Crippen LogP contribution in [0.3, 0.4) is 0 Å². The third kappa shape index (κ3) is 8.74. The highest BCUT2D eigenvalue weighted by Crippen LogP contribution is 2.28. The van der Waals surface area contributed by atoms with Crippen molar-refractivity contribution < 1.29 is 19.1 Å². The van der Waals surface area contributed by atoms with Gasteiger partial charge < -0.3 is 20.3 Å². The maximum absolute atomic E-state index is 13.7. The Morgan fingerprint density at radius 3 is 2.32 bits per heavy atom. The fourth-order valence-electron chi connectivity index (χ4n) is 3.53. The van der Waals surface area contributed by atoms with Crippen LogP contribution in [0.15, 0.2) is 24.3 Å². The molecule has 7 nitrogen and oxygen atoms in total. The van der Waals surface area contributed by atoms with E-state index in [4.69, 9.17) is 11.2 Å². The zero-order chi connectivity index (χ0) is 25.9. The summed E-state index contributed by atoms with van der Waals surface area (Å²) in [6.07, 6.45) is 8.54. The van der Waals surface area contributed by atoms with Crippen LogP contribution in [-0.4, -0.2) is 47.0 Å². The molecule has 3 unspecified atom stereocenters. The van der Waals surface area contributed by atoms with E-state index in [-0.39, 0.29) is 17.9 Å². The number of hydrogen-bond acceptors (Lipinski definition) is 4. The number of carbonyl (C=O) groups excluding carboxylic acids is 3. The molecule has 0 saturated carbocycles. The Hall–Kier alpha value is -3.01. The van der Waals surface area contributed by atoms with E-state index in [0.717, 1.165) is 19.3 Å². The van der Waals surface area contributed by atoms with Crippen molar-refractivity contribution in [3.05, 3.63) is 35.4 Å². The first kappa shape index (κ1) is 29.0. The van der Waals surface area contributed by atoms with E-state index < -0.39 is 23.8 Å². The van der Waals surface area contributed by atoms with Crippen LogP contribution in [0.5, 0.6) is 0 Å². The number of nitrogens with zero attached hydrogens (tertiary/aromatic N) is 1. The number of amides is 3. The van der Waals surface area contributed by atoms with E-state index in [1.165, 1.54) is 4.90 Å². The van der Waals surface area contributed by atoms with Gasteiger partial charge in [0.25, 0.3) is 0 Å². The molecular formula is C27H41N3O4. The molecule has 188 valence electrons. The van der Waals surface area contributed by atoms with Gasteiger partial charge in [0.1, 0.15) is 17.7 Å². The Bertz CT molecular complexity index is 869. The van der Waals surface area contributed by atoms with Crippen LogP contribution in [0.1, 0.15) is 91.3 Å². The van der Waals surface area contributed by atoms with Gasteiger partial charge in [0.05, 0.1) is 0 Å². The molecule has 0 aliphatic rings. The number of rotatable bonds is 11. The van der Waals surface area contributed by atoms with Crippen molar-refractivity contribution in [3.8, 4) is 12.3 Å². The number of terminal acetylenes is 1. The maximum Gasteiger partial charge on any atom is 0.408 e. The Kier molecular flexibility index (Phi) is 11.6. The first-order valence-corrected chi connectivity index (χ1v) is 12.1. The van der Waals surface area contributed by atoms with Gasteiger partial charge in [0.2, 0.25) is 11.8 Å². The van der Waals surface area contributed by atoms with E-state index in [0.29, 0.717) is 24.1 Å². The minimum Gasteiger partial charge on any atom is -0.444 e. The lowest BCUT2D eigenvalue weighted by Gasteiger charge is -2.38. The molecule has 0 radical (unpaired) electrons. The quantitative estimate of drug-likeness (QED) is 0.366. The average Bonchev–Trinajstić information content (AvgIpc) is 2.77. The largest absolute Gasteiger partial charge is 0.444 e. The van der Waals surface area contributed by atoms with Gasteiger partial charge in [-0.2, -0.15) is 0 Å². The van der Waals surface area contributed by atoms with E-state index >= 15 is 0 Å². The predicted molar refractivity (Wildman–Crippen MR) is 135 cm³/mol. The lowest BCUT2D eigenvalue weighted by Crippen LogP contribution is -2.54. The van der Waals surface area contributed by atoms with Crippen LogP contribution >= 0.6 is 0 Å². The summed E-state index contributed by atoms with van der Waals surface area (Å²) >= 11 is 0. The Morgan fingerprint density at radius 2 is 1.76 bits per heavy atom. The van der Waals surface area contributed by atoms with Gasteiger partial charge in [-0.3, -0.25) is 9.59 Å². The summed E-state index contributed by atoms with van der Waals surface area (Å²) in [6.45, 7) is 13.3. The van der Waals surface area contributed by atoms with Gasteiger partial charge in [-0.05, 0) is 59.1 Å². The minimum atomic E-state index is -0.931. The fraction of sp³-hybridized carbons (Fsp3) is 0.593. The molecule has 3 amide bonds. The molecule has 0 aliphatic carbocycles. The van der Waals surface area contributed by atoms with Gasteiger partial charge in [-0.1, -0.05) is 50.8 Å². The highest BCUT2D eigenvalue weighted by molar-refractivity contribution is 5.92. The van der Waals surface area contributed by atoms with Crippen LogP contribution < -0.4 is 10.6 Å². The molecule has 3 atom stereocenters. The van der Waals surface area contributed by atoms with Gasteiger partial charge >= 0.3 is 6.09 Å². The normalized spacial score (nSPS) is 13.7.